The molecule has 0 spiro atoms. The van der Waals surface area contributed by atoms with Gasteiger partial charge in [0.2, 0.25) is 0 Å². The van der Waals surface area contributed by atoms with Crippen molar-refractivity contribution in [3.8, 4) is 0 Å². The van der Waals surface area contributed by atoms with Crippen LogP contribution in [0.5, 0.6) is 0 Å². The Morgan fingerprint density at radius 3 is 2.53 bits per heavy atom. The van der Waals surface area contributed by atoms with Crippen molar-refractivity contribution in [3.63, 3.8) is 0 Å². The predicted octanol–water partition coefficient (Wildman–Crippen LogP) is 3.61. The minimum absolute atomic E-state index is 0.0672. The van der Waals surface area contributed by atoms with E-state index in [-0.39, 0.29) is 39.9 Å². The molecule has 1 aliphatic rings. The minimum atomic E-state index is -4.66. The summed E-state index contributed by atoms with van der Waals surface area (Å²) in [7, 11) is 0. The molecule has 1 aliphatic heterocycles. The maximum absolute atomic E-state index is 14.9. The number of rotatable bonds is 5. The number of carbonyl (C=O) groups is 1. The number of carbonyl (C=O) groups excluding carboxylic acids is 1. The second kappa shape index (κ2) is 8.27. The van der Waals surface area contributed by atoms with E-state index >= 15 is 0 Å². The lowest BCUT2D eigenvalue weighted by atomic mass is 9.87. The minimum Gasteiger partial charge on any atom is -0.366 e. The molecule has 1 saturated heterocycles. The summed E-state index contributed by atoms with van der Waals surface area (Å²) < 4.78 is 55.2. The van der Waals surface area contributed by atoms with Crippen LogP contribution in [0.4, 0.5) is 17.6 Å². The molecule has 5 N–H and O–H groups in total. The Balaban J connectivity index is 1.97. The molecular formula is C20H25F4N5O. The van der Waals surface area contributed by atoms with E-state index in [0.717, 1.165) is 6.07 Å². The zero-order valence-electron chi connectivity index (χ0n) is 16.8. The molecule has 0 radical (unpaired) electrons. The summed E-state index contributed by atoms with van der Waals surface area (Å²) in [6.45, 7) is 4.43. The van der Waals surface area contributed by atoms with E-state index in [1.54, 1.807) is 6.20 Å². The van der Waals surface area contributed by atoms with Crippen molar-refractivity contribution in [1.82, 2.24) is 15.1 Å². The van der Waals surface area contributed by atoms with Crippen molar-refractivity contribution < 1.29 is 22.4 Å². The molecule has 0 unspecified atom stereocenters. The van der Waals surface area contributed by atoms with Gasteiger partial charge < -0.3 is 10.7 Å². The van der Waals surface area contributed by atoms with Gasteiger partial charge in [-0.25, -0.2) is 20.4 Å². The molecule has 0 saturated carbocycles. The zero-order valence-corrected chi connectivity index (χ0v) is 16.8. The Kier molecular flexibility index (Phi) is 6.09. The Morgan fingerprint density at radius 2 is 2.00 bits per heavy atom. The van der Waals surface area contributed by atoms with Gasteiger partial charge in [-0.05, 0) is 56.2 Å². The Hall–Kier alpha value is -2.59. The SMILES string of the molecule is CC=CN(N)N1CCC(Cc2c(F)cc(C(N)=O)c3[nH]c(C(F)(F)F)c(C)c23)CC1. The van der Waals surface area contributed by atoms with Gasteiger partial charge in [0.1, 0.15) is 11.5 Å². The van der Waals surface area contributed by atoms with Crippen LogP contribution in [0.1, 0.15) is 46.9 Å². The molecule has 0 atom stereocenters. The molecule has 6 nitrogen and oxygen atoms in total. The van der Waals surface area contributed by atoms with E-state index in [0.29, 0.717) is 25.9 Å². The Labute approximate surface area is 171 Å². The number of aromatic amines is 1. The number of alkyl halides is 3. The summed E-state index contributed by atoms with van der Waals surface area (Å²) in [5.41, 5.74) is 3.98. The number of aromatic nitrogens is 1. The van der Waals surface area contributed by atoms with Crippen molar-refractivity contribution in [3.05, 3.63) is 46.5 Å². The summed E-state index contributed by atoms with van der Waals surface area (Å²) >= 11 is 0. The van der Waals surface area contributed by atoms with Crippen molar-refractivity contribution in [2.75, 3.05) is 13.1 Å². The van der Waals surface area contributed by atoms with Crippen LogP contribution in [-0.2, 0) is 12.6 Å². The molecule has 1 amide bonds. The molecule has 0 aliphatic carbocycles. The monoisotopic (exact) mass is 427 g/mol. The standard InChI is InChI=1S/C20H25F4N5O/c1-3-6-29(26)28-7-4-12(5-8-28)9-13-15(21)10-14(19(25)30)17-16(13)11(2)18(27-17)20(22,23)24/h3,6,10,12,27H,4-5,7-9,26H2,1-2H3,(H2,25,30). The summed E-state index contributed by atoms with van der Waals surface area (Å²) in [6.07, 6.45) is 0.561. The van der Waals surface area contributed by atoms with Gasteiger partial charge in [-0.15, -0.1) is 0 Å². The average molecular weight is 427 g/mol. The summed E-state index contributed by atoms with van der Waals surface area (Å²) in [5.74, 6) is 4.29. The van der Waals surface area contributed by atoms with Crippen LogP contribution in [-0.4, -0.2) is 34.1 Å². The first-order valence-corrected chi connectivity index (χ1v) is 9.66. The maximum atomic E-state index is 14.9. The average Bonchev–Trinajstić information content (AvgIpc) is 3.02. The first kappa shape index (κ1) is 22.1. The third-order valence-electron chi connectivity index (χ3n) is 5.64. The van der Waals surface area contributed by atoms with Crippen LogP contribution < -0.4 is 11.6 Å². The number of nitrogens with zero attached hydrogens (tertiary/aromatic N) is 2. The number of allylic oxidation sites excluding steroid dienone is 1. The Morgan fingerprint density at radius 1 is 1.37 bits per heavy atom. The molecule has 1 aromatic carbocycles. The number of halogens is 4. The molecule has 0 bridgehead atoms. The van der Waals surface area contributed by atoms with E-state index in [1.165, 1.54) is 12.0 Å². The summed E-state index contributed by atoms with van der Waals surface area (Å²) in [4.78, 5) is 14.0. The van der Waals surface area contributed by atoms with Gasteiger partial charge in [0.15, 0.2) is 0 Å². The molecule has 3 rings (SSSR count). The van der Waals surface area contributed by atoms with E-state index in [4.69, 9.17) is 11.6 Å². The van der Waals surface area contributed by atoms with Crippen molar-refractivity contribution in [2.45, 2.75) is 39.3 Å². The first-order valence-electron chi connectivity index (χ1n) is 9.66. The van der Waals surface area contributed by atoms with Crippen LogP contribution in [0.3, 0.4) is 0 Å². The highest BCUT2D eigenvalue weighted by atomic mass is 19.4. The third kappa shape index (κ3) is 4.15. The van der Waals surface area contributed by atoms with Crippen LogP contribution in [0.15, 0.2) is 18.3 Å². The van der Waals surface area contributed by atoms with Gasteiger partial charge >= 0.3 is 6.18 Å². The highest BCUT2D eigenvalue weighted by molar-refractivity contribution is 6.07. The van der Waals surface area contributed by atoms with Crippen LogP contribution in [0.25, 0.3) is 10.9 Å². The maximum Gasteiger partial charge on any atom is 0.431 e. The number of fused-ring (bicyclic) bond motifs is 1. The van der Waals surface area contributed by atoms with Gasteiger partial charge in [0.05, 0.1) is 11.1 Å². The van der Waals surface area contributed by atoms with Gasteiger partial charge in [-0.1, -0.05) is 6.08 Å². The largest absolute Gasteiger partial charge is 0.431 e. The molecule has 1 aromatic heterocycles. The molecule has 2 heterocycles. The number of nitrogens with one attached hydrogen (secondary N) is 1. The zero-order chi connectivity index (χ0) is 22.2. The molecular weight excluding hydrogens is 402 g/mol. The van der Waals surface area contributed by atoms with Gasteiger partial charge in [-0.2, -0.15) is 13.2 Å². The number of benzene rings is 1. The third-order valence-corrected chi connectivity index (χ3v) is 5.64. The second-order valence-corrected chi connectivity index (χ2v) is 7.59. The number of hydrazine groups is 2. The number of nitrogens with two attached hydrogens (primary N) is 2. The normalized spacial score (nSPS) is 16.6. The van der Waals surface area contributed by atoms with Crippen LogP contribution in [0, 0.1) is 18.7 Å². The van der Waals surface area contributed by atoms with E-state index in [2.05, 4.69) is 4.98 Å². The van der Waals surface area contributed by atoms with E-state index in [9.17, 15) is 22.4 Å². The fraction of sp³-hybridized carbons (Fsp3) is 0.450. The van der Waals surface area contributed by atoms with Crippen molar-refractivity contribution in [1.29, 1.82) is 0 Å². The first-order chi connectivity index (χ1) is 14.0. The topological polar surface area (TPSA) is 91.4 Å². The highest BCUT2D eigenvalue weighted by Gasteiger charge is 2.37. The van der Waals surface area contributed by atoms with Gasteiger partial charge in [0, 0.05) is 24.7 Å². The van der Waals surface area contributed by atoms with Crippen LogP contribution >= 0.6 is 0 Å². The molecule has 30 heavy (non-hydrogen) atoms. The number of hydrogen-bond acceptors (Lipinski definition) is 4. The quantitative estimate of drug-likeness (QED) is 0.386. The van der Waals surface area contributed by atoms with E-state index < -0.39 is 23.6 Å². The Bertz CT molecular complexity index is 974. The van der Waals surface area contributed by atoms with E-state index in [1.807, 2.05) is 18.0 Å². The van der Waals surface area contributed by atoms with Gasteiger partial charge in [0.25, 0.3) is 5.91 Å². The lowest BCUT2D eigenvalue weighted by Crippen LogP contribution is -2.48. The number of aryl methyl sites for hydroxylation is 1. The fourth-order valence-corrected chi connectivity index (χ4v) is 4.15. The fourth-order valence-electron chi connectivity index (χ4n) is 4.15. The molecule has 10 heteroatoms. The molecule has 1 fully saturated rings. The lowest BCUT2D eigenvalue weighted by molar-refractivity contribution is -0.141. The number of H-pyrrole nitrogens is 1. The van der Waals surface area contributed by atoms with Crippen LogP contribution in [0.2, 0.25) is 0 Å². The molecule has 164 valence electrons. The summed E-state index contributed by atoms with van der Waals surface area (Å²) in [5, 5.41) is 3.54. The predicted molar refractivity (Wildman–Crippen MR) is 105 cm³/mol. The second-order valence-electron chi connectivity index (χ2n) is 7.59. The smallest absolute Gasteiger partial charge is 0.366 e. The number of hydrogen-bond donors (Lipinski definition) is 3. The molecule has 2 aromatic rings. The highest BCUT2D eigenvalue weighted by Crippen LogP contribution is 2.39. The van der Waals surface area contributed by atoms with Crippen molar-refractivity contribution >= 4 is 16.8 Å². The summed E-state index contributed by atoms with van der Waals surface area (Å²) in [6, 6.07) is 0.929. The lowest BCUT2D eigenvalue weighted by Gasteiger charge is -2.36. The number of primary amides is 1. The number of piperidine rings is 1. The van der Waals surface area contributed by atoms with Crippen molar-refractivity contribution in [2.24, 2.45) is 17.5 Å². The van der Waals surface area contributed by atoms with Gasteiger partial charge in [-0.3, -0.25) is 4.79 Å². The number of amides is 1.